The summed E-state index contributed by atoms with van der Waals surface area (Å²) < 4.78 is 6.96. The summed E-state index contributed by atoms with van der Waals surface area (Å²) in [5.41, 5.74) is 3.92. The van der Waals surface area contributed by atoms with Crippen molar-refractivity contribution in [3.63, 3.8) is 0 Å². The Bertz CT molecular complexity index is 1090. The Hall–Kier alpha value is -2.90. The SMILES string of the molecule is CCc1c(C)[nH]n2c(=O)cc([C@@H]3CCN(C(=O)c4oc(C)nc4C)C3)nc12. The van der Waals surface area contributed by atoms with Gasteiger partial charge < -0.3 is 9.32 Å². The molecule has 0 aromatic carbocycles. The highest BCUT2D eigenvalue weighted by Crippen LogP contribution is 2.28. The first-order valence-corrected chi connectivity index (χ1v) is 9.23. The normalized spacial score (nSPS) is 17.2. The number of nitrogens with one attached hydrogen (secondary N) is 1. The van der Waals surface area contributed by atoms with Crippen molar-refractivity contribution in [2.75, 3.05) is 13.1 Å². The molecule has 1 amide bonds. The number of aromatic nitrogens is 4. The maximum Gasteiger partial charge on any atom is 0.291 e. The number of carbonyl (C=O) groups excluding carboxylic acids is 1. The first-order chi connectivity index (χ1) is 12.9. The number of oxazole rings is 1. The van der Waals surface area contributed by atoms with Gasteiger partial charge in [0.1, 0.15) is 0 Å². The van der Waals surface area contributed by atoms with Gasteiger partial charge >= 0.3 is 0 Å². The van der Waals surface area contributed by atoms with E-state index in [-0.39, 0.29) is 17.4 Å². The number of nitrogens with zero attached hydrogens (tertiary/aromatic N) is 4. The summed E-state index contributed by atoms with van der Waals surface area (Å²) in [6.07, 6.45) is 1.57. The van der Waals surface area contributed by atoms with E-state index in [2.05, 4.69) is 10.1 Å². The van der Waals surface area contributed by atoms with Gasteiger partial charge in [0.25, 0.3) is 11.5 Å². The molecule has 27 heavy (non-hydrogen) atoms. The van der Waals surface area contributed by atoms with Crippen LogP contribution >= 0.6 is 0 Å². The molecule has 1 saturated heterocycles. The van der Waals surface area contributed by atoms with Gasteiger partial charge in [-0.2, -0.15) is 0 Å². The maximum atomic E-state index is 12.7. The van der Waals surface area contributed by atoms with E-state index in [4.69, 9.17) is 9.40 Å². The van der Waals surface area contributed by atoms with Gasteiger partial charge in [-0.15, -0.1) is 0 Å². The minimum absolute atomic E-state index is 0.0379. The van der Waals surface area contributed by atoms with E-state index in [0.717, 1.165) is 29.8 Å². The first kappa shape index (κ1) is 17.5. The molecule has 0 unspecified atom stereocenters. The van der Waals surface area contributed by atoms with Crippen LogP contribution in [0.3, 0.4) is 0 Å². The fraction of sp³-hybridized carbons (Fsp3) is 0.474. The molecule has 4 heterocycles. The molecule has 4 rings (SSSR count). The van der Waals surface area contributed by atoms with Crippen molar-refractivity contribution in [3.05, 3.63) is 50.7 Å². The van der Waals surface area contributed by atoms with E-state index >= 15 is 0 Å². The second-order valence-corrected chi connectivity index (χ2v) is 7.13. The predicted octanol–water partition coefficient (Wildman–Crippen LogP) is 2.13. The molecule has 0 radical (unpaired) electrons. The topological polar surface area (TPSA) is 96.5 Å². The third-order valence-corrected chi connectivity index (χ3v) is 5.29. The second kappa shape index (κ2) is 6.37. The van der Waals surface area contributed by atoms with Crippen LogP contribution in [0.15, 0.2) is 15.3 Å². The number of aryl methyl sites for hydroxylation is 4. The standard InChI is InChI=1S/C19H23N5O3/c1-5-14-10(2)22-24-16(25)8-15(21-18(14)24)13-6-7-23(9-13)19(26)17-11(3)20-12(4)27-17/h8,13,22H,5-7,9H2,1-4H3/t13-/m1/s1. The maximum absolute atomic E-state index is 12.7. The summed E-state index contributed by atoms with van der Waals surface area (Å²) in [7, 11) is 0. The zero-order valence-electron chi connectivity index (χ0n) is 16.0. The van der Waals surface area contributed by atoms with Crippen LogP contribution in [-0.2, 0) is 6.42 Å². The molecule has 8 heteroatoms. The summed E-state index contributed by atoms with van der Waals surface area (Å²) in [5, 5.41) is 3.08. The minimum atomic E-state index is -0.153. The lowest BCUT2D eigenvalue weighted by Crippen LogP contribution is -2.29. The molecule has 0 bridgehead atoms. The highest BCUT2D eigenvalue weighted by molar-refractivity contribution is 5.92. The molecular weight excluding hydrogens is 346 g/mol. The summed E-state index contributed by atoms with van der Waals surface area (Å²) in [6.45, 7) is 8.63. The Morgan fingerprint density at radius 2 is 2.11 bits per heavy atom. The fourth-order valence-corrected chi connectivity index (χ4v) is 3.91. The van der Waals surface area contributed by atoms with Gasteiger partial charge in [0.2, 0.25) is 5.76 Å². The number of hydrogen-bond acceptors (Lipinski definition) is 5. The number of fused-ring (bicyclic) bond motifs is 1. The lowest BCUT2D eigenvalue weighted by molar-refractivity contribution is 0.0756. The smallest absolute Gasteiger partial charge is 0.291 e. The van der Waals surface area contributed by atoms with Crippen LogP contribution in [0.1, 0.15) is 58.4 Å². The van der Waals surface area contributed by atoms with Crippen LogP contribution in [0.5, 0.6) is 0 Å². The second-order valence-electron chi connectivity index (χ2n) is 7.13. The average Bonchev–Trinajstić information content (AvgIpc) is 3.31. The molecule has 1 aliphatic rings. The van der Waals surface area contributed by atoms with Crippen molar-refractivity contribution in [2.45, 2.75) is 46.5 Å². The molecule has 142 valence electrons. The monoisotopic (exact) mass is 369 g/mol. The van der Waals surface area contributed by atoms with Crippen LogP contribution in [0, 0.1) is 20.8 Å². The molecular formula is C19H23N5O3. The highest BCUT2D eigenvalue weighted by atomic mass is 16.4. The summed E-state index contributed by atoms with van der Waals surface area (Å²) in [6, 6.07) is 1.57. The quantitative estimate of drug-likeness (QED) is 0.763. The molecule has 1 atom stereocenters. The van der Waals surface area contributed by atoms with Crippen molar-refractivity contribution in [3.8, 4) is 0 Å². The van der Waals surface area contributed by atoms with Gasteiger partial charge in [0, 0.05) is 43.3 Å². The number of H-pyrrole nitrogens is 1. The van der Waals surface area contributed by atoms with E-state index in [1.54, 1.807) is 24.8 Å². The lowest BCUT2D eigenvalue weighted by Gasteiger charge is -2.15. The molecule has 3 aromatic heterocycles. The van der Waals surface area contributed by atoms with Crippen LogP contribution in [0.2, 0.25) is 0 Å². The van der Waals surface area contributed by atoms with E-state index < -0.39 is 0 Å². The van der Waals surface area contributed by atoms with Crippen LogP contribution in [0.4, 0.5) is 0 Å². The minimum Gasteiger partial charge on any atom is -0.436 e. The van der Waals surface area contributed by atoms with Gasteiger partial charge in [-0.3, -0.25) is 14.7 Å². The van der Waals surface area contributed by atoms with E-state index in [9.17, 15) is 9.59 Å². The number of likely N-dealkylation sites (tertiary alicyclic amines) is 1. The third kappa shape index (κ3) is 2.85. The van der Waals surface area contributed by atoms with Crippen molar-refractivity contribution >= 4 is 11.6 Å². The zero-order chi connectivity index (χ0) is 19.3. The summed E-state index contributed by atoms with van der Waals surface area (Å²) in [4.78, 5) is 35.9. The van der Waals surface area contributed by atoms with Gasteiger partial charge in [-0.25, -0.2) is 14.5 Å². The van der Waals surface area contributed by atoms with Gasteiger partial charge in [0.15, 0.2) is 11.5 Å². The molecule has 3 aromatic rings. The molecule has 1 fully saturated rings. The fourth-order valence-electron chi connectivity index (χ4n) is 3.91. The average molecular weight is 369 g/mol. The van der Waals surface area contributed by atoms with Gasteiger partial charge in [-0.05, 0) is 26.7 Å². The lowest BCUT2D eigenvalue weighted by atomic mass is 10.0. The number of amides is 1. The Kier molecular flexibility index (Phi) is 4.13. The van der Waals surface area contributed by atoms with Crippen molar-refractivity contribution < 1.29 is 9.21 Å². The largest absolute Gasteiger partial charge is 0.436 e. The number of hydrogen-bond donors (Lipinski definition) is 1. The predicted molar refractivity (Wildman–Crippen MR) is 99.2 cm³/mol. The molecule has 1 aliphatic heterocycles. The van der Waals surface area contributed by atoms with E-state index in [1.807, 2.05) is 13.8 Å². The molecule has 0 saturated carbocycles. The summed E-state index contributed by atoms with van der Waals surface area (Å²) >= 11 is 0. The molecule has 8 nitrogen and oxygen atoms in total. The summed E-state index contributed by atoms with van der Waals surface area (Å²) in [5.74, 6) is 0.670. The van der Waals surface area contributed by atoms with Crippen LogP contribution in [-0.4, -0.2) is 43.5 Å². The highest BCUT2D eigenvalue weighted by Gasteiger charge is 2.32. The third-order valence-electron chi connectivity index (χ3n) is 5.29. The van der Waals surface area contributed by atoms with Gasteiger partial charge in [0.05, 0.1) is 11.4 Å². The number of rotatable bonds is 3. The zero-order valence-corrected chi connectivity index (χ0v) is 16.0. The Labute approximate surface area is 156 Å². The van der Waals surface area contributed by atoms with Crippen molar-refractivity contribution in [2.24, 2.45) is 0 Å². The van der Waals surface area contributed by atoms with E-state index in [0.29, 0.717) is 36.1 Å². The Morgan fingerprint density at radius 3 is 2.78 bits per heavy atom. The number of carbonyl (C=O) groups is 1. The van der Waals surface area contributed by atoms with Gasteiger partial charge in [-0.1, -0.05) is 6.92 Å². The molecule has 0 aliphatic carbocycles. The molecule has 0 spiro atoms. The first-order valence-electron chi connectivity index (χ1n) is 9.23. The van der Waals surface area contributed by atoms with Crippen LogP contribution < -0.4 is 5.56 Å². The number of aromatic amines is 1. The van der Waals surface area contributed by atoms with Crippen molar-refractivity contribution in [1.82, 2.24) is 24.5 Å². The van der Waals surface area contributed by atoms with Crippen molar-refractivity contribution in [1.29, 1.82) is 0 Å². The van der Waals surface area contributed by atoms with E-state index in [1.165, 1.54) is 4.52 Å². The van der Waals surface area contributed by atoms with Crippen LogP contribution in [0.25, 0.3) is 5.65 Å². The Balaban J connectivity index is 1.63. The molecule has 1 N–H and O–H groups in total. The Morgan fingerprint density at radius 1 is 1.33 bits per heavy atom.